The van der Waals surface area contributed by atoms with Crippen molar-refractivity contribution in [3.63, 3.8) is 0 Å². The van der Waals surface area contributed by atoms with E-state index in [2.05, 4.69) is 103 Å². The van der Waals surface area contributed by atoms with Crippen molar-refractivity contribution in [1.82, 2.24) is 0 Å². The third kappa shape index (κ3) is 10.7. The summed E-state index contributed by atoms with van der Waals surface area (Å²) in [5.74, 6) is 0.0312. The number of ether oxygens (including phenoxy) is 1. The van der Waals surface area contributed by atoms with Gasteiger partial charge in [0.15, 0.2) is 18.2 Å². The van der Waals surface area contributed by atoms with Crippen LogP contribution in [0.25, 0.3) is 0 Å². The molecule has 48 heavy (non-hydrogen) atoms. The molecule has 0 saturated heterocycles. The SMILES string of the molecule is Cc1ccc(S(=O)(=O)CCC[C@@H](CCO)O[C@H](CCO[Si](c2ccccc2)(c2ccccc2)C(C)(C)C)CO[Si](C)(C)C(C)(C)C)cc1. The van der Waals surface area contributed by atoms with Gasteiger partial charge in [-0.15, -0.1) is 0 Å². The number of benzene rings is 3. The van der Waals surface area contributed by atoms with E-state index in [-0.39, 0.29) is 34.6 Å². The van der Waals surface area contributed by atoms with Crippen LogP contribution in [-0.2, 0) is 23.4 Å². The van der Waals surface area contributed by atoms with Crippen LogP contribution in [0, 0.1) is 6.92 Å². The zero-order valence-electron chi connectivity index (χ0n) is 30.8. The number of hydrogen-bond donors (Lipinski definition) is 1. The molecule has 0 amide bonds. The molecule has 0 aliphatic rings. The van der Waals surface area contributed by atoms with Crippen molar-refractivity contribution in [2.24, 2.45) is 0 Å². The molecule has 0 aromatic heterocycles. The van der Waals surface area contributed by atoms with Gasteiger partial charge in [-0.1, -0.05) is 120 Å². The van der Waals surface area contributed by atoms with Gasteiger partial charge < -0.3 is 18.7 Å². The molecule has 3 rings (SSSR count). The Balaban J connectivity index is 1.83. The van der Waals surface area contributed by atoms with E-state index in [0.717, 1.165) is 5.56 Å². The number of aryl methyl sites for hydroxylation is 1. The summed E-state index contributed by atoms with van der Waals surface area (Å²) in [5, 5.41) is 12.3. The highest BCUT2D eigenvalue weighted by atomic mass is 32.2. The molecule has 0 heterocycles. The second-order valence-electron chi connectivity index (χ2n) is 15.5. The molecule has 9 heteroatoms. The van der Waals surface area contributed by atoms with Crippen LogP contribution in [0.2, 0.25) is 23.2 Å². The van der Waals surface area contributed by atoms with Crippen molar-refractivity contribution in [2.75, 3.05) is 25.6 Å². The van der Waals surface area contributed by atoms with E-state index >= 15 is 0 Å². The summed E-state index contributed by atoms with van der Waals surface area (Å²) >= 11 is 0. The van der Waals surface area contributed by atoms with Crippen LogP contribution in [-0.4, -0.2) is 67.9 Å². The molecular formula is C39H60O6SSi2. The van der Waals surface area contributed by atoms with Crippen LogP contribution in [0.15, 0.2) is 89.8 Å². The molecular weight excluding hydrogens is 653 g/mol. The lowest BCUT2D eigenvalue weighted by atomic mass is 10.1. The minimum absolute atomic E-state index is 0.0312. The van der Waals surface area contributed by atoms with Gasteiger partial charge in [0.1, 0.15) is 0 Å². The summed E-state index contributed by atoms with van der Waals surface area (Å²) in [7, 11) is -8.23. The largest absolute Gasteiger partial charge is 0.414 e. The summed E-state index contributed by atoms with van der Waals surface area (Å²) in [6.07, 6.45) is 1.43. The number of aliphatic hydroxyl groups excluding tert-OH is 1. The second kappa shape index (κ2) is 17.2. The maximum Gasteiger partial charge on any atom is 0.261 e. The van der Waals surface area contributed by atoms with Crippen molar-refractivity contribution >= 4 is 36.8 Å². The van der Waals surface area contributed by atoms with Crippen molar-refractivity contribution in [3.8, 4) is 0 Å². The molecule has 6 nitrogen and oxygen atoms in total. The highest BCUT2D eigenvalue weighted by Gasteiger charge is 2.50. The Morgan fingerprint density at radius 3 is 1.73 bits per heavy atom. The highest BCUT2D eigenvalue weighted by molar-refractivity contribution is 7.91. The van der Waals surface area contributed by atoms with Crippen molar-refractivity contribution in [1.29, 1.82) is 0 Å². The fourth-order valence-corrected chi connectivity index (χ4v) is 12.8. The predicted molar refractivity (Wildman–Crippen MR) is 204 cm³/mol. The molecule has 0 bridgehead atoms. The molecule has 0 spiro atoms. The lowest BCUT2D eigenvalue weighted by Gasteiger charge is -2.43. The monoisotopic (exact) mass is 712 g/mol. The van der Waals surface area contributed by atoms with E-state index in [0.29, 0.717) is 43.8 Å². The van der Waals surface area contributed by atoms with E-state index in [4.69, 9.17) is 13.6 Å². The Hall–Kier alpha value is -2.12. The third-order valence-electron chi connectivity index (χ3n) is 9.77. The van der Waals surface area contributed by atoms with Gasteiger partial charge in [-0.2, -0.15) is 0 Å². The molecule has 0 radical (unpaired) electrons. The molecule has 0 fully saturated rings. The molecule has 266 valence electrons. The second-order valence-corrected chi connectivity index (χ2v) is 26.8. The molecule has 2 atom stereocenters. The first-order valence-electron chi connectivity index (χ1n) is 17.4. The molecule has 0 aliphatic heterocycles. The van der Waals surface area contributed by atoms with Crippen LogP contribution >= 0.6 is 0 Å². The Labute approximate surface area is 293 Å². The normalized spacial score (nSPS) is 14.5. The summed E-state index contributed by atoms with van der Waals surface area (Å²) in [4.78, 5) is 0.342. The first-order chi connectivity index (χ1) is 22.4. The quantitative estimate of drug-likeness (QED) is 0.136. The topological polar surface area (TPSA) is 82.1 Å². The zero-order valence-corrected chi connectivity index (χ0v) is 33.6. The molecule has 3 aromatic rings. The fourth-order valence-electron chi connectivity index (χ4n) is 5.87. The van der Waals surface area contributed by atoms with Crippen LogP contribution in [0.5, 0.6) is 0 Å². The average Bonchev–Trinajstić information content (AvgIpc) is 3.01. The molecule has 0 unspecified atom stereocenters. The molecule has 0 aliphatic carbocycles. The van der Waals surface area contributed by atoms with Crippen LogP contribution in [0.1, 0.15) is 72.8 Å². The minimum atomic E-state index is -3.41. The average molecular weight is 713 g/mol. The number of hydrogen-bond acceptors (Lipinski definition) is 6. The summed E-state index contributed by atoms with van der Waals surface area (Å²) in [6.45, 7) is 20.8. The van der Waals surface area contributed by atoms with Gasteiger partial charge in [0.05, 0.1) is 29.5 Å². The molecule has 1 N–H and O–H groups in total. The van der Waals surface area contributed by atoms with Crippen LogP contribution in [0.4, 0.5) is 0 Å². The lowest BCUT2D eigenvalue weighted by molar-refractivity contribution is -0.0560. The highest BCUT2D eigenvalue weighted by Crippen LogP contribution is 2.38. The first kappa shape index (κ1) is 40.3. The van der Waals surface area contributed by atoms with E-state index in [1.54, 1.807) is 12.1 Å². The Kier molecular flexibility index (Phi) is 14.4. The summed E-state index contributed by atoms with van der Waals surface area (Å²) < 4.78 is 46.7. The Bertz CT molecular complexity index is 1440. The Morgan fingerprint density at radius 1 is 0.708 bits per heavy atom. The molecule has 3 aromatic carbocycles. The smallest absolute Gasteiger partial charge is 0.261 e. The van der Waals surface area contributed by atoms with E-state index < -0.39 is 26.5 Å². The number of sulfone groups is 1. The van der Waals surface area contributed by atoms with Gasteiger partial charge >= 0.3 is 0 Å². The maximum absolute atomic E-state index is 13.0. The first-order valence-corrected chi connectivity index (χ1v) is 23.8. The summed E-state index contributed by atoms with van der Waals surface area (Å²) in [5.41, 5.74) is 1.02. The zero-order chi connectivity index (χ0) is 35.6. The minimum Gasteiger partial charge on any atom is -0.414 e. The predicted octanol–water partition coefficient (Wildman–Crippen LogP) is 7.67. The third-order valence-corrected chi connectivity index (χ3v) is 21.1. The van der Waals surface area contributed by atoms with Gasteiger partial charge in [-0.3, -0.25) is 0 Å². The number of rotatable bonds is 18. The van der Waals surface area contributed by atoms with Gasteiger partial charge in [-0.05, 0) is 78.3 Å². The van der Waals surface area contributed by atoms with Gasteiger partial charge in [-0.25, -0.2) is 8.42 Å². The van der Waals surface area contributed by atoms with Crippen molar-refractivity contribution in [3.05, 3.63) is 90.5 Å². The van der Waals surface area contributed by atoms with Gasteiger partial charge in [0.25, 0.3) is 8.32 Å². The maximum atomic E-state index is 13.0. The van der Waals surface area contributed by atoms with Crippen LogP contribution in [0.3, 0.4) is 0 Å². The lowest BCUT2D eigenvalue weighted by Crippen LogP contribution is -2.66. The molecule has 0 saturated carbocycles. The van der Waals surface area contributed by atoms with Gasteiger partial charge in [0, 0.05) is 13.2 Å². The Morgan fingerprint density at radius 2 is 1.25 bits per heavy atom. The van der Waals surface area contributed by atoms with Crippen molar-refractivity contribution in [2.45, 2.75) is 114 Å². The van der Waals surface area contributed by atoms with E-state index in [1.807, 2.05) is 31.2 Å². The number of aliphatic hydroxyl groups is 1. The van der Waals surface area contributed by atoms with Crippen molar-refractivity contribution < 1.29 is 27.1 Å². The van der Waals surface area contributed by atoms with Gasteiger partial charge in [0.2, 0.25) is 0 Å². The fraction of sp³-hybridized carbons (Fsp3) is 0.538. The van der Waals surface area contributed by atoms with Crippen LogP contribution < -0.4 is 10.4 Å². The van der Waals surface area contributed by atoms with E-state index in [1.165, 1.54) is 10.4 Å². The standard InChI is InChI=1S/C39H60O6SSi2/c1-32-22-24-35(25-23-32)46(41,42)30-16-17-33(26-28-40)45-34(31-44-47(8,9)38(2,3)4)27-29-43-48(39(5,6)7,36-18-12-10-13-19-36)37-20-14-11-15-21-37/h10-15,18-25,33-34,40H,16-17,26-31H2,1-9H3/t33-,34+/m0/s1. The van der Waals surface area contributed by atoms with E-state index in [9.17, 15) is 13.5 Å². The summed E-state index contributed by atoms with van der Waals surface area (Å²) in [6, 6.07) is 28.2.